The number of ketones is 1. The summed E-state index contributed by atoms with van der Waals surface area (Å²) in [5.41, 5.74) is 3.59. The van der Waals surface area contributed by atoms with Crippen LogP contribution in [0.15, 0.2) is 71.6 Å². The monoisotopic (exact) mass is 532 g/mol. The zero-order chi connectivity index (χ0) is 27.5. The van der Waals surface area contributed by atoms with Gasteiger partial charge in [-0.15, -0.1) is 0 Å². The molecule has 1 aliphatic heterocycles. The average molecular weight is 533 g/mol. The number of hydrogen-bond acceptors (Lipinski definition) is 4. The minimum atomic E-state index is -3.68. The van der Waals surface area contributed by atoms with Crippen molar-refractivity contribution < 1.29 is 18.0 Å². The number of nitrogens with one attached hydrogen (secondary N) is 1. The number of hydrogen-bond donors (Lipinski definition) is 1. The molecular formula is C31H36N2O4S. The standard InChI is InChI=1S/C31H36N2O4S/c1-22-12-17-27(38(36,37)33-18-7-5-6-8-19-33)21-28(22)30(35)32-26-11-9-10-24(20-26)29(34)23-13-15-25(16-14-23)31(2,3)4/h9-17,20-21H,5-8,18-19H2,1-4H3,(H,32,35). The second-order valence-corrected chi connectivity index (χ2v) is 12.9. The van der Waals surface area contributed by atoms with E-state index >= 15 is 0 Å². The van der Waals surface area contributed by atoms with Crippen molar-refractivity contribution in [3.63, 3.8) is 0 Å². The molecule has 3 aromatic carbocycles. The third-order valence-corrected chi connectivity index (χ3v) is 8.95. The van der Waals surface area contributed by atoms with Crippen molar-refractivity contribution in [1.29, 1.82) is 0 Å². The van der Waals surface area contributed by atoms with Crippen molar-refractivity contribution in [1.82, 2.24) is 4.31 Å². The smallest absolute Gasteiger partial charge is 0.255 e. The lowest BCUT2D eigenvalue weighted by molar-refractivity contribution is 0.102. The van der Waals surface area contributed by atoms with Crippen molar-refractivity contribution in [2.45, 2.75) is 63.7 Å². The van der Waals surface area contributed by atoms with Gasteiger partial charge in [0, 0.05) is 35.5 Å². The second-order valence-electron chi connectivity index (χ2n) is 11.0. The normalized spacial score (nSPS) is 15.1. The van der Waals surface area contributed by atoms with E-state index in [4.69, 9.17) is 0 Å². The second kappa shape index (κ2) is 11.2. The quantitative estimate of drug-likeness (QED) is 0.376. The summed E-state index contributed by atoms with van der Waals surface area (Å²) < 4.78 is 28.1. The molecule has 1 amide bonds. The van der Waals surface area contributed by atoms with Crippen LogP contribution in [0.25, 0.3) is 0 Å². The molecule has 1 N–H and O–H groups in total. The molecule has 3 aromatic rings. The van der Waals surface area contributed by atoms with E-state index in [-0.39, 0.29) is 21.7 Å². The Hall–Kier alpha value is -3.29. The Labute approximate surface area is 226 Å². The third-order valence-electron chi connectivity index (χ3n) is 7.05. The number of benzene rings is 3. The molecule has 0 aliphatic carbocycles. The van der Waals surface area contributed by atoms with Crippen LogP contribution in [0.3, 0.4) is 0 Å². The minimum Gasteiger partial charge on any atom is -0.322 e. The van der Waals surface area contributed by atoms with Crippen LogP contribution in [0.4, 0.5) is 5.69 Å². The van der Waals surface area contributed by atoms with Gasteiger partial charge in [0.2, 0.25) is 10.0 Å². The molecule has 0 saturated carbocycles. The highest BCUT2D eigenvalue weighted by atomic mass is 32.2. The number of aryl methyl sites for hydroxylation is 1. The first-order valence-electron chi connectivity index (χ1n) is 13.1. The summed E-state index contributed by atoms with van der Waals surface area (Å²) in [6, 6.07) is 19.1. The highest BCUT2D eigenvalue weighted by Crippen LogP contribution is 2.25. The fourth-order valence-corrected chi connectivity index (χ4v) is 6.21. The molecule has 6 nitrogen and oxygen atoms in total. The molecule has 1 saturated heterocycles. The van der Waals surface area contributed by atoms with Crippen LogP contribution in [0.1, 0.15) is 83.9 Å². The van der Waals surface area contributed by atoms with Crippen molar-refractivity contribution in [2.75, 3.05) is 18.4 Å². The van der Waals surface area contributed by atoms with Gasteiger partial charge in [-0.2, -0.15) is 4.31 Å². The molecule has 1 aliphatic rings. The summed E-state index contributed by atoms with van der Waals surface area (Å²) in [4.78, 5) is 26.5. The lowest BCUT2D eigenvalue weighted by Gasteiger charge is -2.20. The maximum atomic E-state index is 13.3. The number of nitrogens with zero attached hydrogens (tertiary/aromatic N) is 1. The summed E-state index contributed by atoms with van der Waals surface area (Å²) >= 11 is 0. The van der Waals surface area contributed by atoms with Gasteiger partial charge in [0.15, 0.2) is 5.78 Å². The Morgan fingerprint density at radius 3 is 2.11 bits per heavy atom. The number of carbonyl (C=O) groups is 2. The number of rotatable bonds is 6. The first kappa shape index (κ1) is 27.7. The molecule has 0 aromatic heterocycles. The summed E-state index contributed by atoms with van der Waals surface area (Å²) in [6.07, 6.45) is 3.73. The average Bonchev–Trinajstić information content (AvgIpc) is 3.18. The summed E-state index contributed by atoms with van der Waals surface area (Å²) in [7, 11) is -3.68. The Kier molecular flexibility index (Phi) is 8.19. The fourth-order valence-electron chi connectivity index (χ4n) is 4.66. The summed E-state index contributed by atoms with van der Waals surface area (Å²) in [5, 5.41) is 2.84. The minimum absolute atomic E-state index is 0.00633. The molecule has 1 heterocycles. The van der Waals surface area contributed by atoms with Gasteiger partial charge in [-0.3, -0.25) is 9.59 Å². The number of sulfonamides is 1. The van der Waals surface area contributed by atoms with E-state index < -0.39 is 15.9 Å². The lowest BCUT2D eigenvalue weighted by Crippen LogP contribution is -2.32. The van der Waals surface area contributed by atoms with Crippen LogP contribution in [-0.2, 0) is 15.4 Å². The topological polar surface area (TPSA) is 83.6 Å². The fraction of sp³-hybridized carbons (Fsp3) is 0.355. The van der Waals surface area contributed by atoms with E-state index in [0.717, 1.165) is 31.2 Å². The van der Waals surface area contributed by atoms with E-state index in [1.54, 1.807) is 43.3 Å². The molecular weight excluding hydrogens is 496 g/mol. The molecule has 4 rings (SSSR count). The largest absolute Gasteiger partial charge is 0.322 e. The zero-order valence-corrected chi connectivity index (χ0v) is 23.4. The molecule has 200 valence electrons. The van der Waals surface area contributed by atoms with Gasteiger partial charge in [-0.25, -0.2) is 8.42 Å². The van der Waals surface area contributed by atoms with Crippen LogP contribution in [0.2, 0.25) is 0 Å². The maximum Gasteiger partial charge on any atom is 0.255 e. The summed E-state index contributed by atoms with van der Waals surface area (Å²) in [5.74, 6) is -0.558. The van der Waals surface area contributed by atoms with Gasteiger partial charge in [0.25, 0.3) is 5.91 Å². The molecule has 0 bridgehead atoms. The van der Waals surface area contributed by atoms with Crippen LogP contribution in [-0.4, -0.2) is 37.5 Å². The van der Waals surface area contributed by atoms with Gasteiger partial charge in [-0.05, 0) is 60.6 Å². The lowest BCUT2D eigenvalue weighted by atomic mass is 9.86. The number of carbonyl (C=O) groups excluding carboxylic acids is 2. The van der Waals surface area contributed by atoms with Crippen molar-refractivity contribution >= 4 is 27.4 Å². The van der Waals surface area contributed by atoms with E-state index in [2.05, 4.69) is 26.1 Å². The molecule has 1 fully saturated rings. The van der Waals surface area contributed by atoms with Crippen LogP contribution < -0.4 is 5.32 Å². The van der Waals surface area contributed by atoms with Crippen LogP contribution >= 0.6 is 0 Å². The van der Waals surface area contributed by atoms with Gasteiger partial charge in [0.05, 0.1) is 4.90 Å². The highest BCUT2D eigenvalue weighted by Gasteiger charge is 2.26. The van der Waals surface area contributed by atoms with Crippen molar-refractivity contribution in [2.24, 2.45) is 0 Å². The first-order chi connectivity index (χ1) is 18.0. The summed E-state index contributed by atoms with van der Waals surface area (Å²) in [6.45, 7) is 9.14. The van der Waals surface area contributed by atoms with Gasteiger partial charge in [0.1, 0.15) is 0 Å². The number of amides is 1. The van der Waals surface area contributed by atoms with Crippen molar-refractivity contribution in [3.05, 3.63) is 94.5 Å². The predicted octanol–water partition coefficient (Wildman–Crippen LogP) is 6.34. The molecule has 0 unspecified atom stereocenters. The van der Waals surface area contributed by atoms with Crippen LogP contribution in [0, 0.1) is 6.92 Å². The van der Waals surface area contributed by atoms with E-state index in [1.807, 2.05) is 24.3 Å². The molecule has 0 radical (unpaired) electrons. The Balaban J connectivity index is 1.54. The highest BCUT2D eigenvalue weighted by molar-refractivity contribution is 7.89. The molecule has 0 atom stereocenters. The van der Waals surface area contributed by atoms with Gasteiger partial charge < -0.3 is 5.32 Å². The first-order valence-corrected chi connectivity index (χ1v) is 14.6. The van der Waals surface area contributed by atoms with Crippen LogP contribution in [0.5, 0.6) is 0 Å². The third kappa shape index (κ3) is 6.22. The molecule has 38 heavy (non-hydrogen) atoms. The van der Waals surface area contributed by atoms with Crippen molar-refractivity contribution in [3.8, 4) is 0 Å². The van der Waals surface area contributed by atoms with E-state index in [1.165, 1.54) is 10.4 Å². The maximum absolute atomic E-state index is 13.3. The van der Waals surface area contributed by atoms with E-state index in [9.17, 15) is 18.0 Å². The number of anilines is 1. The molecule has 0 spiro atoms. The zero-order valence-electron chi connectivity index (χ0n) is 22.6. The Morgan fingerprint density at radius 1 is 0.816 bits per heavy atom. The SMILES string of the molecule is Cc1ccc(S(=O)(=O)N2CCCCCC2)cc1C(=O)Nc1cccc(C(=O)c2ccc(C(C)(C)C)cc2)c1. The predicted molar refractivity (Wildman–Crippen MR) is 151 cm³/mol. The van der Waals surface area contributed by atoms with Gasteiger partial charge >= 0.3 is 0 Å². The molecule has 7 heteroatoms. The van der Waals surface area contributed by atoms with E-state index in [0.29, 0.717) is 35.5 Å². The Morgan fingerprint density at radius 2 is 1.47 bits per heavy atom. The Bertz CT molecular complexity index is 1430. The van der Waals surface area contributed by atoms with Gasteiger partial charge in [-0.1, -0.05) is 76.1 Å².